The summed E-state index contributed by atoms with van der Waals surface area (Å²) in [7, 11) is 0. The van der Waals surface area contributed by atoms with Crippen molar-refractivity contribution in [2.45, 2.75) is 31.9 Å². The second-order valence-corrected chi connectivity index (χ2v) is 4.83. The minimum absolute atomic E-state index is 0.422. The Labute approximate surface area is 106 Å². The molecule has 0 saturated heterocycles. The quantitative estimate of drug-likeness (QED) is 0.884. The Kier molecular flexibility index (Phi) is 3.95. The fourth-order valence-corrected chi connectivity index (χ4v) is 2.17. The minimum Gasteiger partial charge on any atom is -0.382 e. The molecule has 1 aliphatic carbocycles. The van der Waals surface area contributed by atoms with E-state index < -0.39 is 0 Å². The Hall–Kier alpha value is -0.440. The van der Waals surface area contributed by atoms with Crippen molar-refractivity contribution in [2.75, 3.05) is 11.9 Å². The van der Waals surface area contributed by atoms with E-state index in [-0.39, 0.29) is 0 Å². The van der Waals surface area contributed by atoms with Crippen molar-refractivity contribution in [2.24, 2.45) is 0 Å². The summed E-state index contributed by atoms with van der Waals surface area (Å²) in [6, 6.07) is 6.11. The highest BCUT2D eigenvalue weighted by molar-refractivity contribution is 6.42. The van der Waals surface area contributed by atoms with Gasteiger partial charge in [0.1, 0.15) is 0 Å². The summed E-state index contributed by atoms with van der Waals surface area (Å²) >= 11 is 11.8. The van der Waals surface area contributed by atoms with E-state index in [2.05, 4.69) is 5.32 Å². The number of ether oxygens (including phenoxy) is 1. The molecule has 0 aliphatic heterocycles. The highest BCUT2D eigenvalue weighted by Gasteiger charge is 2.29. The molecule has 16 heavy (non-hydrogen) atoms. The molecule has 1 aromatic rings. The molecule has 2 rings (SSSR count). The molecule has 0 radical (unpaired) electrons. The Morgan fingerprint density at radius 2 is 2.06 bits per heavy atom. The zero-order valence-electron chi connectivity index (χ0n) is 9.17. The van der Waals surface area contributed by atoms with Gasteiger partial charge in [-0.05, 0) is 38.0 Å². The molecule has 0 unspecified atom stereocenters. The predicted molar refractivity (Wildman–Crippen MR) is 68.5 cm³/mol. The zero-order chi connectivity index (χ0) is 11.5. The van der Waals surface area contributed by atoms with Gasteiger partial charge in [-0.25, -0.2) is 0 Å². The number of hydrogen-bond donors (Lipinski definition) is 1. The van der Waals surface area contributed by atoms with E-state index in [4.69, 9.17) is 27.9 Å². The van der Waals surface area contributed by atoms with Crippen LogP contribution >= 0.6 is 23.2 Å². The predicted octanol–water partition coefficient (Wildman–Crippen LogP) is 3.97. The van der Waals surface area contributed by atoms with Crippen molar-refractivity contribution in [1.29, 1.82) is 0 Å². The first kappa shape index (κ1) is 12.0. The van der Waals surface area contributed by atoms with Gasteiger partial charge in [0.15, 0.2) is 0 Å². The van der Waals surface area contributed by atoms with Gasteiger partial charge in [-0.2, -0.15) is 0 Å². The van der Waals surface area contributed by atoms with E-state index in [0.717, 1.165) is 25.1 Å². The summed E-state index contributed by atoms with van der Waals surface area (Å²) in [5.74, 6) is 0. The van der Waals surface area contributed by atoms with Crippen molar-refractivity contribution in [3.8, 4) is 0 Å². The summed E-state index contributed by atoms with van der Waals surface area (Å²) in [6.45, 7) is 2.82. The maximum absolute atomic E-state index is 5.94. The van der Waals surface area contributed by atoms with Gasteiger partial charge in [0, 0.05) is 18.3 Å². The molecule has 1 aromatic carbocycles. The van der Waals surface area contributed by atoms with Gasteiger partial charge in [-0.1, -0.05) is 23.2 Å². The Balaban J connectivity index is 1.84. The van der Waals surface area contributed by atoms with Crippen molar-refractivity contribution in [3.05, 3.63) is 28.2 Å². The second-order valence-electron chi connectivity index (χ2n) is 4.02. The van der Waals surface area contributed by atoms with E-state index in [1.807, 2.05) is 25.1 Å². The van der Waals surface area contributed by atoms with E-state index in [0.29, 0.717) is 22.2 Å². The monoisotopic (exact) mass is 259 g/mol. The first-order valence-electron chi connectivity index (χ1n) is 5.52. The van der Waals surface area contributed by atoms with Crippen LogP contribution in [0.1, 0.15) is 19.8 Å². The van der Waals surface area contributed by atoms with E-state index >= 15 is 0 Å². The molecule has 1 N–H and O–H groups in total. The lowest BCUT2D eigenvalue weighted by Crippen LogP contribution is -2.40. The molecular formula is C12H15Cl2NO. The Morgan fingerprint density at radius 3 is 2.69 bits per heavy atom. The van der Waals surface area contributed by atoms with Gasteiger partial charge in [0.2, 0.25) is 0 Å². The average molecular weight is 260 g/mol. The van der Waals surface area contributed by atoms with Crippen LogP contribution in [-0.2, 0) is 4.74 Å². The van der Waals surface area contributed by atoms with Crippen LogP contribution in [-0.4, -0.2) is 18.8 Å². The SMILES string of the molecule is CCOC1CC(Nc2ccc(Cl)c(Cl)c2)C1. The van der Waals surface area contributed by atoms with Crippen LogP contribution in [0, 0.1) is 0 Å². The topological polar surface area (TPSA) is 21.3 Å². The molecule has 88 valence electrons. The molecular weight excluding hydrogens is 245 g/mol. The lowest BCUT2D eigenvalue weighted by Gasteiger charge is -2.36. The van der Waals surface area contributed by atoms with Crippen LogP contribution < -0.4 is 5.32 Å². The highest BCUT2D eigenvalue weighted by Crippen LogP contribution is 2.30. The molecule has 1 saturated carbocycles. The third-order valence-corrected chi connectivity index (χ3v) is 3.53. The summed E-state index contributed by atoms with van der Waals surface area (Å²) in [4.78, 5) is 0. The normalized spacial score (nSPS) is 23.9. The third-order valence-electron chi connectivity index (χ3n) is 2.79. The van der Waals surface area contributed by atoms with E-state index in [1.165, 1.54) is 0 Å². The molecule has 1 fully saturated rings. The Morgan fingerprint density at radius 1 is 1.31 bits per heavy atom. The number of hydrogen-bond acceptors (Lipinski definition) is 2. The lowest BCUT2D eigenvalue weighted by atomic mass is 9.89. The van der Waals surface area contributed by atoms with Crippen molar-refractivity contribution in [1.82, 2.24) is 0 Å². The standard InChI is InChI=1S/C12H15Cl2NO/c1-2-16-10-5-9(6-10)15-8-3-4-11(13)12(14)7-8/h3-4,7,9-10,15H,2,5-6H2,1H3. The number of benzene rings is 1. The van der Waals surface area contributed by atoms with E-state index in [1.54, 1.807) is 0 Å². The molecule has 0 spiro atoms. The molecule has 1 aliphatic rings. The van der Waals surface area contributed by atoms with Crippen LogP contribution in [0.25, 0.3) is 0 Å². The van der Waals surface area contributed by atoms with Gasteiger partial charge in [0.25, 0.3) is 0 Å². The van der Waals surface area contributed by atoms with Crippen LogP contribution in [0.4, 0.5) is 5.69 Å². The van der Waals surface area contributed by atoms with Gasteiger partial charge in [-0.15, -0.1) is 0 Å². The van der Waals surface area contributed by atoms with Gasteiger partial charge in [-0.3, -0.25) is 0 Å². The molecule has 0 aromatic heterocycles. The molecule has 4 heteroatoms. The second kappa shape index (κ2) is 5.26. The maximum Gasteiger partial charge on any atom is 0.0614 e. The number of rotatable bonds is 4. The largest absolute Gasteiger partial charge is 0.382 e. The van der Waals surface area contributed by atoms with Gasteiger partial charge >= 0.3 is 0 Å². The van der Waals surface area contributed by atoms with Crippen LogP contribution in [0.2, 0.25) is 10.0 Å². The molecule has 0 amide bonds. The minimum atomic E-state index is 0.422. The third kappa shape index (κ3) is 2.82. The zero-order valence-corrected chi connectivity index (χ0v) is 10.7. The van der Waals surface area contributed by atoms with E-state index in [9.17, 15) is 0 Å². The lowest BCUT2D eigenvalue weighted by molar-refractivity contribution is 0.00299. The van der Waals surface area contributed by atoms with Crippen molar-refractivity contribution >= 4 is 28.9 Å². The first-order valence-corrected chi connectivity index (χ1v) is 6.28. The number of nitrogens with one attached hydrogen (secondary N) is 1. The fourth-order valence-electron chi connectivity index (χ4n) is 1.88. The van der Waals surface area contributed by atoms with Crippen LogP contribution in [0.3, 0.4) is 0 Å². The maximum atomic E-state index is 5.94. The smallest absolute Gasteiger partial charge is 0.0614 e. The fraction of sp³-hybridized carbons (Fsp3) is 0.500. The number of anilines is 1. The summed E-state index contributed by atoms with van der Waals surface area (Å²) < 4.78 is 5.50. The van der Waals surface area contributed by atoms with Gasteiger partial charge in [0.05, 0.1) is 16.1 Å². The van der Waals surface area contributed by atoms with Crippen LogP contribution in [0.15, 0.2) is 18.2 Å². The Bertz CT molecular complexity index is 364. The average Bonchev–Trinajstić information content (AvgIpc) is 2.20. The van der Waals surface area contributed by atoms with Gasteiger partial charge < -0.3 is 10.1 Å². The summed E-state index contributed by atoms with van der Waals surface area (Å²) in [5.41, 5.74) is 1.02. The molecule has 0 heterocycles. The molecule has 2 nitrogen and oxygen atoms in total. The highest BCUT2D eigenvalue weighted by atomic mass is 35.5. The van der Waals surface area contributed by atoms with Crippen molar-refractivity contribution in [3.63, 3.8) is 0 Å². The molecule has 0 atom stereocenters. The van der Waals surface area contributed by atoms with Crippen molar-refractivity contribution < 1.29 is 4.74 Å². The van der Waals surface area contributed by atoms with Crippen LogP contribution in [0.5, 0.6) is 0 Å². The summed E-state index contributed by atoms with van der Waals surface area (Å²) in [6.07, 6.45) is 2.55. The first-order chi connectivity index (χ1) is 7.69. The summed E-state index contributed by atoms with van der Waals surface area (Å²) in [5, 5.41) is 4.59. The number of halogens is 2. The molecule has 0 bridgehead atoms.